The highest BCUT2D eigenvalue weighted by Gasteiger charge is 2.56. The molecule has 2 heterocycles. The third kappa shape index (κ3) is 3.11. The average molecular weight is 333 g/mol. The molecule has 6 nitrogen and oxygen atoms in total. The van der Waals surface area contributed by atoms with Crippen molar-refractivity contribution in [3.05, 3.63) is 24.3 Å². The number of para-hydroxylation sites is 2. The molecule has 1 aromatic rings. The number of hydrogen-bond acceptors (Lipinski definition) is 5. The summed E-state index contributed by atoms with van der Waals surface area (Å²) in [6, 6.07) is 7.20. The van der Waals surface area contributed by atoms with Gasteiger partial charge in [-0.3, -0.25) is 9.59 Å². The number of carbonyl (C=O) groups excluding carboxylic acids is 2. The van der Waals surface area contributed by atoms with E-state index < -0.39 is 17.1 Å². The highest BCUT2D eigenvalue weighted by Crippen LogP contribution is 2.46. The van der Waals surface area contributed by atoms with Crippen LogP contribution in [0.15, 0.2) is 24.3 Å². The first kappa shape index (κ1) is 16.8. The molecular weight excluding hydrogens is 310 g/mol. The Balaban J connectivity index is 1.83. The molecule has 0 saturated carbocycles. The first-order valence-corrected chi connectivity index (χ1v) is 8.15. The van der Waals surface area contributed by atoms with E-state index >= 15 is 0 Å². The van der Waals surface area contributed by atoms with Crippen molar-refractivity contribution in [1.29, 1.82) is 0 Å². The molecule has 2 aliphatic rings. The van der Waals surface area contributed by atoms with E-state index in [9.17, 15) is 9.59 Å². The molecule has 1 spiro atoms. The van der Waals surface area contributed by atoms with Crippen LogP contribution in [-0.4, -0.2) is 36.8 Å². The third-order valence-corrected chi connectivity index (χ3v) is 4.75. The summed E-state index contributed by atoms with van der Waals surface area (Å²) in [5, 5.41) is 2.89. The number of methoxy groups -OCH3 is 1. The van der Waals surface area contributed by atoms with E-state index in [0.29, 0.717) is 30.9 Å². The molecule has 0 aromatic heterocycles. The van der Waals surface area contributed by atoms with Crippen LogP contribution in [0.25, 0.3) is 0 Å². The van der Waals surface area contributed by atoms with E-state index in [0.717, 1.165) is 0 Å². The Kier molecular flexibility index (Phi) is 4.25. The molecule has 6 heteroatoms. The Bertz CT molecular complexity index is 657. The molecule has 3 rings (SSSR count). The fourth-order valence-electron chi connectivity index (χ4n) is 3.74. The number of hydrogen-bond donors (Lipinski definition) is 1. The number of ether oxygens (including phenoxy) is 3. The fraction of sp³-hybridized carbons (Fsp3) is 0.556. The topological polar surface area (TPSA) is 73.9 Å². The summed E-state index contributed by atoms with van der Waals surface area (Å²) in [7, 11) is 1.55. The van der Waals surface area contributed by atoms with E-state index in [1.54, 1.807) is 19.2 Å². The lowest BCUT2D eigenvalue weighted by Gasteiger charge is -2.43. The largest absolute Gasteiger partial charge is 0.495 e. The monoisotopic (exact) mass is 333 g/mol. The van der Waals surface area contributed by atoms with Gasteiger partial charge in [0, 0.05) is 12.8 Å². The van der Waals surface area contributed by atoms with Crippen molar-refractivity contribution in [2.75, 3.05) is 19.0 Å². The second-order valence-corrected chi connectivity index (χ2v) is 7.02. The molecule has 1 N–H and O–H groups in total. The van der Waals surface area contributed by atoms with Gasteiger partial charge in [-0.25, -0.2) is 0 Å². The Morgan fingerprint density at radius 3 is 2.79 bits per heavy atom. The average Bonchev–Trinajstić information content (AvgIpc) is 2.82. The number of esters is 1. The van der Waals surface area contributed by atoms with E-state index in [1.165, 1.54) is 0 Å². The molecular formula is C18H23NO5. The summed E-state index contributed by atoms with van der Waals surface area (Å²) in [6.07, 6.45) is 1.14. The number of nitrogens with one attached hydrogen (secondary N) is 1. The first-order valence-electron chi connectivity index (χ1n) is 8.15. The van der Waals surface area contributed by atoms with Crippen molar-refractivity contribution in [3.8, 4) is 5.75 Å². The molecule has 2 atom stereocenters. The van der Waals surface area contributed by atoms with E-state index in [-0.39, 0.29) is 18.3 Å². The summed E-state index contributed by atoms with van der Waals surface area (Å²) < 4.78 is 16.6. The summed E-state index contributed by atoms with van der Waals surface area (Å²) in [4.78, 5) is 24.8. The predicted molar refractivity (Wildman–Crippen MR) is 87.8 cm³/mol. The van der Waals surface area contributed by atoms with Crippen LogP contribution in [0.5, 0.6) is 5.75 Å². The number of benzene rings is 1. The minimum Gasteiger partial charge on any atom is -0.495 e. The SMILES string of the molecule is COc1ccccc1NC(=O)[C@H]1CC(=O)O[C@@]12CCOC(C)(C)C2. The van der Waals surface area contributed by atoms with E-state index in [4.69, 9.17) is 14.2 Å². The number of amides is 1. The van der Waals surface area contributed by atoms with Crippen LogP contribution in [0.2, 0.25) is 0 Å². The maximum atomic E-state index is 12.9. The molecule has 0 unspecified atom stereocenters. The van der Waals surface area contributed by atoms with Crippen LogP contribution in [-0.2, 0) is 19.1 Å². The van der Waals surface area contributed by atoms with Crippen molar-refractivity contribution in [3.63, 3.8) is 0 Å². The highest BCUT2D eigenvalue weighted by molar-refractivity contribution is 5.98. The van der Waals surface area contributed by atoms with Gasteiger partial charge in [0.15, 0.2) is 0 Å². The van der Waals surface area contributed by atoms with Gasteiger partial charge in [0.05, 0.1) is 37.3 Å². The lowest BCUT2D eigenvalue weighted by molar-refractivity contribution is -0.178. The van der Waals surface area contributed by atoms with Crippen molar-refractivity contribution >= 4 is 17.6 Å². The van der Waals surface area contributed by atoms with Gasteiger partial charge in [-0.15, -0.1) is 0 Å². The van der Waals surface area contributed by atoms with Gasteiger partial charge in [0.2, 0.25) is 5.91 Å². The van der Waals surface area contributed by atoms with Crippen LogP contribution in [0.1, 0.15) is 33.1 Å². The van der Waals surface area contributed by atoms with Crippen molar-refractivity contribution < 1.29 is 23.8 Å². The molecule has 24 heavy (non-hydrogen) atoms. The second kappa shape index (κ2) is 6.09. The van der Waals surface area contributed by atoms with E-state index in [1.807, 2.05) is 26.0 Å². The zero-order valence-corrected chi connectivity index (χ0v) is 14.3. The van der Waals surface area contributed by atoms with Gasteiger partial charge in [0.25, 0.3) is 0 Å². The minimum absolute atomic E-state index is 0.0943. The lowest BCUT2D eigenvalue weighted by Crippen LogP contribution is -2.52. The van der Waals surface area contributed by atoms with Crippen LogP contribution < -0.4 is 10.1 Å². The molecule has 0 aliphatic carbocycles. The maximum absolute atomic E-state index is 12.9. The third-order valence-electron chi connectivity index (χ3n) is 4.75. The molecule has 130 valence electrons. The Morgan fingerprint density at radius 1 is 1.33 bits per heavy atom. The van der Waals surface area contributed by atoms with Crippen LogP contribution in [0, 0.1) is 5.92 Å². The fourth-order valence-corrected chi connectivity index (χ4v) is 3.74. The molecule has 0 bridgehead atoms. The number of carbonyl (C=O) groups is 2. The lowest BCUT2D eigenvalue weighted by atomic mass is 9.75. The van der Waals surface area contributed by atoms with Crippen LogP contribution in [0.4, 0.5) is 5.69 Å². The van der Waals surface area contributed by atoms with E-state index in [2.05, 4.69) is 5.32 Å². The summed E-state index contributed by atoms with van der Waals surface area (Å²) >= 11 is 0. The quantitative estimate of drug-likeness (QED) is 0.861. The highest BCUT2D eigenvalue weighted by atomic mass is 16.6. The molecule has 2 fully saturated rings. The molecule has 0 radical (unpaired) electrons. The molecule has 1 aromatic carbocycles. The zero-order valence-electron chi connectivity index (χ0n) is 14.3. The van der Waals surface area contributed by atoms with Crippen molar-refractivity contribution in [1.82, 2.24) is 0 Å². The smallest absolute Gasteiger partial charge is 0.307 e. The van der Waals surface area contributed by atoms with Gasteiger partial charge < -0.3 is 19.5 Å². The number of rotatable bonds is 3. The number of anilines is 1. The van der Waals surface area contributed by atoms with Gasteiger partial charge in [0.1, 0.15) is 11.4 Å². The summed E-state index contributed by atoms with van der Waals surface area (Å²) in [6.45, 7) is 4.38. The van der Waals surface area contributed by atoms with Gasteiger partial charge in [-0.2, -0.15) is 0 Å². The molecule has 2 aliphatic heterocycles. The maximum Gasteiger partial charge on any atom is 0.307 e. The van der Waals surface area contributed by atoms with Crippen molar-refractivity contribution in [2.24, 2.45) is 5.92 Å². The van der Waals surface area contributed by atoms with Gasteiger partial charge >= 0.3 is 5.97 Å². The van der Waals surface area contributed by atoms with Gasteiger partial charge in [-0.05, 0) is 26.0 Å². The normalized spacial score (nSPS) is 28.5. The minimum atomic E-state index is -0.787. The molecule has 1 amide bonds. The standard InChI is InChI=1S/C18H23NO5/c1-17(2)11-18(8-9-23-17)12(10-15(20)24-18)16(21)19-13-6-4-5-7-14(13)22-3/h4-7,12H,8-11H2,1-3H3,(H,19,21)/t12-,18-/m1/s1. The van der Waals surface area contributed by atoms with Crippen LogP contribution in [0.3, 0.4) is 0 Å². The Morgan fingerprint density at radius 2 is 2.08 bits per heavy atom. The summed E-state index contributed by atoms with van der Waals surface area (Å²) in [5.74, 6) is -0.494. The van der Waals surface area contributed by atoms with Gasteiger partial charge in [-0.1, -0.05) is 12.1 Å². The Labute approximate surface area is 141 Å². The summed E-state index contributed by atoms with van der Waals surface area (Å²) in [5.41, 5.74) is -0.623. The first-order chi connectivity index (χ1) is 11.4. The zero-order chi connectivity index (χ0) is 17.4. The molecule has 2 saturated heterocycles. The van der Waals surface area contributed by atoms with Crippen LogP contribution >= 0.6 is 0 Å². The predicted octanol–water partition coefficient (Wildman–Crippen LogP) is 2.52. The second-order valence-electron chi connectivity index (χ2n) is 7.02. The van der Waals surface area contributed by atoms with Crippen molar-refractivity contribution in [2.45, 2.75) is 44.3 Å². The Hall–Kier alpha value is -2.08.